The fourth-order valence-electron chi connectivity index (χ4n) is 5.27. The number of likely N-dealkylation sites (tertiary alicyclic amines) is 1. The molecule has 0 amide bonds. The van der Waals surface area contributed by atoms with Gasteiger partial charge in [0.05, 0.1) is 23.1 Å². The molecule has 0 bridgehead atoms. The van der Waals surface area contributed by atoms with Gasteiger partial charge in [0.2, 0.25) is 0 Å². The highest BCUT2D eigenvalue weighted by Crippen LogP contribution is 2.34. The van der Waals surface area contributed by atoms with Gasteiger partial charge >= 0.3 is 0 Å². The van der Waals surface area contributed by atoms with Gasteiger partial charge in [-0.25, -0.2) is 4.98 Å². The molecule has 0 atom stereocenters. The summed E-state index contributed by atoms with van der Waals surface area (Å²) in [5, 5.41) is 9.80. The monoisotopic (exact) mass is 459 g/mol. The van der Waals surface area contributed by atoms with Crippen molar-refractivity contribution in [2.24, 2.45) is 0 Å². The SMILES string of the molecule is C1=CC(c2cncc3[nH]c(-c4[nH]nc5ncc(-c6cncc(CN7CCCC7)c6)cc45)cc23)=CC1. The molecule has 1 aliphatic carbocycles. The van der Waals surface area contributed by atoms with Gasteiger partial charge < -0.3 is 4.98 Å². The molecule has 6 heterocycles. The van der Waals surface area contributed by atoms with E-state index in [4.69, 9.17) is 0 Å². The Morgan fingerprint density at radius 1 is 0.886 bits per heavy atom. The van der Waals surface area contributed by atoms with E-state index in [-0.39, 0.29) is 0 Å². The van der Waals surface area contributed by atoms with Gasteiger partial charge in [-0.05, 0) is 61.7 Å². The Labute approximate surface area is 202 Å². The highest BCUT2D eigenvalue weighted by atomic mass is 15.2. The van der Waals surface area contributed by atoms with Crippen molar-refractivity contribution in [3.63, 3.8) is 0 Å². The van der Waals surface area contributed by atoms with E-state index in [1.807, 2.05) is 31.0 Å². The van der Waals surface area contributed by atoms with Crippen LogP contribution in [0.2, 0.25) is 0 Å². The predicted octanol–water partition coefficient (Wildman–Crippen LogP) is 5.50. The minimum Gasteiger partial charge on any atom is -0.352 e. The molecule has 0 spiro atoms. The molecule has 0 radical (unpaired) electrons. The van der Waals surface area contributed by atoms with Crippen LogP contribution in [0.25, 0.3) is 50.0 Å². The number of nitrogens with zero attached hydrogens (tertiary/aromatic N) is 5. The third-order valence-electron chi connectivity index (χ3n) is 7.04. The fraction of sp³-hybridized carbons (Fsp3) is 0.214. The summed E-state index contributed by atoms with van der Waals surface area (Å²) in [7, 11) is 0. The van der Waals surface area contributed by atoms with Crippen LogP contribution in [0.4, 0.5) is 0 Å². The van der Waals surface area contributed by atoms with E-state index in [1.165, 1.54) is 37.1 Å². The van der Waals surface area contributed by atoms with Crippen LogP contribution in [-0.4, -0.2) is 48.1 Å². The molecule has 5 aromatic heterocycles. The largest absolute Gasteiger partial charge is 0.352 e. The van der Waals surface area contributed by atoms with Crippen LogP contribution in [0, 0.1) is 0 Å². The number of hydrogen-bond acceptors (Lipinski definition) is 5. The quantitative estimate of drug-likeness (QED) is 0.362. The summed E-state index contributed by atoms with van der Waals surface area (Å²) in [6.07, 6.45) is 19.7. The van der Waals surface area contributed by atoms with Crippen molar-refractivity contribution in [3.8, 4) is 22.5 Å². The third kappa shape index (κ3) is 3.65. The summed E-state index contributed by atoms with van der Waals surface area (Å²) >= 11 is 0. The lowest BCUT2D eigenvalue weighted by Crippen LogP contribution is -2.18. The first-order valence-electron chi connectivity index (χ1n) is 12.2. The van der Waals surface area contributed by atoms with Crippen molar-refractivity contribution in [1.29, 1.82) is 0 Å². The minimum absolute atomic E-state index is 0.698. The highest BCUT2D eigenvalue weighted by molar-refractivity contribution is 6.00. The van der Waals surface area contributed by atoms with Gasteiger partial charge in [-0.1, -0.05) is 18.2 Å². The van der Waals surface area contributed by atoms with Crippen molar-refractivity contribution in [1.82, 2.24) is 35.0 Å². The molecule has 5 aromatic rings. The van der Waals surface area contributed by atoms with Gasteiger partial charge in [0, 0.05) is 58.8 Å². The molecule has 0 unspecified atom stereocenters. The Hall–Kier alpha value is -4.10. The number of aromatic amines is 2. The molecule has 0 saturated carbocycles. The Bertz CT molecular complexity index is 1620. The number of pyridine rings is 3. The average molecular weight is 460 g/mol. The maximum Gasteiger partial charge on any atom is 0.181 e. The van der Waals surface area contributed by atoms with Crippen LogP contribution in [-0.2, 0) is 6.54 Å². The van der Waals surface area contributed by atoms with Crippen LogP contribution in [0.3, 0.4) is 0 Å². The number of H-pyrrole nitrogens is 2. The van der Waals surface area contributed by atoms with Crippen molar-refractivity contribution in [2.45, 2.75) is 25.8 Å². The Morgan fingerprint density at radius 3 is 2.66 bits per heavy atom. The first-order valence-corrected chi connectivity index (χ1v) is 12.2. The first-order chi connectivity index (χ1) is 17.3. The van der Waals surface area contributed by atoms with Crippen LogP contribution in [0.5, 0.6) is 0 Å². The topological polar surface area (TPSA) is 86.4 Å². The average Bonchev–Trinajstić information content (AvgIpc) is 3.70. The van der Waals surface area contributed by atoms with Crippen molar-refractivity contribution in [2.75, 3.05) is 13.1 Å². The number of nitrogens with one attached hydrogen (secondary N) is 2. The summed E-state index contributed by atoms with van der Waals surface area (Å²) in [4.78, 5) is 19.7. The number of aromatic nitrogens is 6. The molecule has 2 aliphatic rings. The second-order valence-corrected chi connectivity index (χ2v) is 9.39. The van der Waals surface area contributed by atoms with Crippen LogP contribution >= 0.6 is 0 Å². The molecule has 35 heavy (non-hydrogen) atoms. The van der Waals surface area contributed by atoms with E-state index in [0.717, 1.165) is 57.3 Å². The maximum atomic E-state index is 4.65. The fourth-order valence-corrected chi connectivity index (χ4v) is 5.27. The number of fused-ring (bicyclic) bond motifs is 2. The first kappa shape index (κ1) is 20.3. The Balaban J connectivity index is 1.28. The number of rotatable bonds is 5. The van der Waals surface area contributed by atoms with E-state index in [2.05, 4.69) is 71.5 Å². The van der Waals surface area contributed by atoms with Gasteiger partial charge in [-0.15, -0.1) is 0 Å². The Kier molecular flexibility index (Phi) is 4.80. The van der Waals surface area contributed by atoms with Crippen LogP contribution in [0.15, 0.2) is 67.4 Å². The zero-order valence-corrected chi connectivity index (χ0v) is 19.3. The molecule has 7 nitrogen and oxygen atoms in total. The van der Waals surface area contributed by atoms with Gasteiger partial charge in [0.25, 0.3) is 0 Å². The lowest BCUT2D eigenvalue weighted by atomic mass is 10.0. The molecule has 1 fully saturated rings. The smallest absolute Gasteiger partial charge is 0.181 e. The zero-order valence-electron chi connectivity index (χ0n) is 19.3. The molecule has 2 N–H and O–H groups in total. The standard InChI is InChI=1S/C28H25N7/c1-2-6-19(5-1)24-15-30-16-26-22(24)11-25(32-26)27-23-10-21(14-31-28(23)34-33-27)20-9-18(12-29-13-20)17-35-7-3-4-8-35/h1,5-6,9-16,32H,2-4,7-8,17H2,(H,31,33,34). The van der Waals surface area contributed by atoms with E-state index < -0.39 is 0 Å². The molecule has 1 aliphatic heterocycles. The minimum atomic E-state index is 0.698. The zero-order chi connectivity index (χ0) is 23.2. The van der Waals surface area contributed by atoms with Crippen LogP contribution < -0.4 is 0 Å². The molecular weight excluding hydrogens is 434 g/mol. The predicted molar refractivity (Wildman–Crippen MR) is 138 cm³/mol. The summed E-state index contributed by atoms with van der Waals surface area (Å²) in [5.74, 6) is 0. The van der Waals surface area contributed by atoms with Crippen molar-refractivity contribution >= 4 is 27.5 Å². The van der Waals surface area contributed by atoms with Gasteiger partial charge in [-0.3, -0.25) is 20.0 Å². The molecular formula is C28H25N7. The van der Waals surface area contributed by atoms with Crippen molar-refractivity contribution in [3.05, 3.63) is 78.5 Å². The molecule has 7 rings (SSSR count). The molecule has 7 heteroatoms. The van der Waals surface area contributed by atoms with E-state index in [1.54, 1.807) is 0 Å². The lowest BCUT2D eigenvalue weighted by molar-refractivity contribution is 0.331. The summed E-state index contributed by atoms with van der Waals surface area (Å²) in [6, 6.07) is 6.57. The Morgan fingerprint density at radius 2 is 1.77 bits per heavy atom. The van der Waals surface area contributed by atoms with Crippen LogP contribution in [0.1, 0.15) is 30.4 Å². The van der Waals surface area contributed by atoms with Gasteiger partial charge in [0.15, 0.2) is 5.65 Å². The summed E-state index contributed by atoms with van der Waals surface area (Å²) < 4.78 is 0. The number of allylic oxidation sites excluding steroid dienone is 4. The summed E-state index contributed by atoms with van der Waals surface area (Å²) in [6.45, 7) is 3.29. The van der Waals surface area contributed by atoms with Gasteiger partial charge in [-0.2, -0.15) is 5.10 Å². The van der Waals surface area contributed by atoms with E-state index >= 15 is 0 Å². The summed E-state index contributed by atoms with van der Waals surface area (Å²) in [5.41, 5.74) is 9.31. The molecule has 172 valence electrons. The molecule has 1 saturated heterocycles. The molecule has 0 aromatic carbocycles. The van der Waals surface area contributed by atoms with Gasteiger partial charge in [0.1, 0.15) is 0 Å². The second kappa shape index (κ2) is 8.29. The van der Waals surface area contributed by atoms with Crippen molar-refractivity contribution < 1.29 is 0 Å². The van der Waals surface area contributed by atoms with E-state index in [0.29, 0.717) is 5.65 Å². The highest BCUT2D eigenvalue weighted by Gasteiger charge is 2.16. The maximum absolute atomic E-state index is 4.65. The second-order valence-electron chi connectivity index (χ2n) is 9.39. The number of hydrogen-bond donors (Lipinski definition) is 2. The lowest BCUT2D eigenvalue weighted by Gasteiger charge is -2.14. The normalized spacial score (nSPS) is 16.1. The van der Waals surface area contributed by atoms with E-state index in [9.17, 15) is 0 Å². The third-order valence-corrected chi connectivity index (χ3v) is 7.04.